The van der Waals surface area contributed by atoms with Crippen LogP contribution in [0.25, 0.3) is 0 Å². The molecule has 0 aromatic heterocycles. The molecule has 0 saturated carbocycles. The SMILES string of the molecule is O=C(Cl)[C@H]1CCCN1C(=O)OCC(Cl)(Cl)Cl. The van der Waals surface area contributed by atoms with E-state index in [9.17, 15) is 9.59 Å². The van der Waals surface area contributed by atoms with Gasteiger partial charge in [-0.05, 0) is 24.4 Å². The zero-order chi connectivity index (χ0) is 12.3. The fourth-order valence-corrected chi connectivity index (χ4v) is 1.84. The molecule has 0 N–H and O–H groups in total. The predicted octanol–water partition coefficient (Wildman–Crippen LogP) is 2.72. The maximum Gasteiger partial charge on any atom is 0.410 e. The fourth-order valence-electron chi connectivity index (χ4n) is 1.45. The van der Waals surface area contributed by atoms with E-state index in [0.717, 1.165) is 0 Å². The molecule has 0 spiro atoms. The van der Waals surface area contributed by atoms with E-state index in [2.05, 4.69) is 0 Å². The second kappa shape index (κ2) is 5.63. The Morgan fingerprint density at radius 3 is 2.50 bits per heavy atom. The number of nitrogens with zero attached hydrogens (tertiary/aromatic N) is 1. The number of amides is 1. The Morgan fingerprint density at radius 1 is 1.38 bits per heavy atom. The van der Waals surface area contributed by atoms with Crippen molar-refractivity contribution >= 4 is 57.7 Å². The first-order valence-corrected chi connectivity index (χ1v) is 6.02. The summed E-state index contributed by atoms with van der Waals surface area (Å²) in [6.45, 7) is 0.0536. The molecule has 0 aromatic carbocycles. The van der Waals surface area contributed by atoms with Crippen LogP contribution in [-0.2, 0) is 9.53 Å². The quantitative estimate of drug-likeness (QED) is 0.582. The second-order valence-corrected chi connectivity index (χ2v) is 6.21. The van der Waals surface area contributed by atoms with Crippen LogP contribution in [0, 0.1) is 0 Å². The van der Waals surface area contributed by atoms with Crippen LogP contribution in [0.1, 0.15) is 12.8 Å². The van der Waals surface area contributed by atoms with Crippen molar-refractivity contribution in [1.29, 1.82) is 0 Å². The maximum atomic E-state index is 11.5. The minimum Gasteiger partial charge on any atom is -0.445 e. The molecule has 92 valence electrons. The van der Waals surface area contributed by atoms with Gasteiger partial charge in [0.2, 0.25) is 9.03 Å². The Hall–Kier alpha value is 0.1000. The highest BCUT2D eigenvalue weighted by atomic mass is 35.6. The smallest absolute Gasteiger partial charge is 0.410 e. The average Bonchev–Trinajstić information content (AvgIpc) is 2.61. The lowest BCUT2D eigenvalue weighted by Gasteiger charge is -2.22. The lowest BCUT2D eigenvalue weighted by Crippen LogP contribution is -2.40. The summed E-state index contributed by atoms with van der Waals surface area (Å²) < 4.78 is 3.09. The minimum absolute atomic E-state index is 0.365. The van der Waals surface area contributed by atoms with Gasteiger partial charge in [0.1, 0.15) is 12.6 Å². The number of hydrogen-bond acceptors (Lipinski definition) is 3. The Morgan fingerprint density at radius 2 is 2.00 bits per heavy atom. The van der Waals surface area contributed by atoms with Crippen LogP contribution in [-0.4, -0.2) is 39.2 Å². The number of alkyl halides is 3. The number of hydrogen-bond donors (Lipinski definition) is 0. The van der Waals surface area contributed by atoms with Gasteiger partial charge >= 0.3 is 6.09 Å². The third kappa shape index (κ3) is 4.17. The van der Waals surface area contributed by atoms with Crippen molar-refractivity contribution < 1.29 is 14.3 Å². The molecule has 16 heavy (non-hydrogen) atoms. The normalized spacial score (nSPS) is 21.0. The van der Waals surface area contributed by atoms with Gasteiger partial charge in [-0.15, -0.1) is 0 Å². The number of ether oxygens (including phenoxy) is 1. The molecule has 0 unspecified atom stereocenters. The van der Waals surface area contributed by atoms with Crippen LogP contribution in [0.15, 0.2) is 0 Å². The van der Waals surface area contributed by atoms with Gasteiger partial charge in [-0.1, -0.05) is 34.8 Å². The zero-order valence-corrected chi connectivity index (χ0v) is 11.1. The topological polar surface area (TPSA) is 46.6 Å². The van der Waals surface area contributed by atoms with Gasteiger partial charge < -0.3 is 4.74 Å². The Kier molecular flexibility index (Phi) is 4.98. The van der Waals surface area contributed by atoms with Gasteiger partial charge in [0.15, 0.2) is 0 Å². The molecule has 1 amide bonds. The van der Waals surface area contributed by atoms with E-state index in [-0.39, 0.29) is 6.61 Å². The van der Waals surface area contributed by atoms with E-state index in [1.54, 1.807) is 0 Å². The Bertz CT molecular complexity index is 291. The van der Waals surface area contributed by atoms with E-state index < -0.39 is 21.2 Å². The van der Waals surface area contributed by atoms with Gasteiger partial charge in [0.25, 0.3) is 0 Å². The zero-order valence-electron chi connectivity index (χ0n) is 8.09. The first kappa shape index (κ1) is 14.2. The van der Waals surface area contributed by atoms with Crippen molar-refractivity contribution in [2.24, 2.45) is 0 Å². The lowest BCUT2D eigenvalue weighted by molar-refractivity contribution is -0.115. The molecule has 1 aliphatic rings. The largest absolute Gasteiger partial charge is 0.445 e. The molecular weight excluding hydrogens is 300 g/mol. The lowest BCUT2D eigenvalue weighted by atomic mass is 10.2. The number of carbonyl (C=O) groups excluding carboxylic acids is 2. The summed E-state index contributed by atoms with van der Waals surface area (Å²) in [6.07, 6.45) is 0.542. The molecule has 1 rings (SSSR count). The van der Waals surface area contributed by atoms with E-state index in [0.29, 0.717) is 19.4 Å². The summed E-state index contributed by atoms with van der Waals surface area (Å²) in [5.41, 5.74) is 0. The van der Waals surface area contributed by atoms with Gasteiger partial charge in [0, 0.05) is 6.54 Å². The minimum atomic E-state index is -1.66. The van der Waals surface area contributed by atoms with Gasteiger partial charge in [-0.25, -0.2) is 4.79 Å². The third-order valence-corrected chi connectivity index (χ3v) is 2.69. The molecule has 1 saturated heterocycles. The van der Waals surface area contributed by atoms with Crippen LogP contribution in [0.5, 0.6) is 0 Å². The first-order valence-electron chi connectivity index (χ1n) is 4.51. The van der Waals surface area contributed by atoms with Crippen LogP contribution < -0.4 is 0 Å². The van der Waals surface area contributed by atoms with Crippen molar-refractivity contribution in [2.45, 2.75) is 22.7 Å². The standard InChI is InChI=1S/C8H9Cl4NO3/c9-6(14)5-2-1-3-13(5)7(15)16-4-8(10,11)12/h5H,1-4H2/t5-/m1/s1. The van der Waals surface area contributed by atoms with Crippen LogP contribution in [0.4, 0.5) is 4.79 Å². The molecular formula is C8H9Cl4NO3. The molecule has 1 aliphatic heterocycles. The molecule has 0 aromatic rings. The number of halogens is 4. The summed E-state index contributed by atoms with van der Waals surface area (Å²) in [6, 6.07) is -0.635. The highest BCUT2D eigenvalue weighted by molar-refractivity contribution is 6.67. The highest BCUT2D eigenvalue weighted by Gasteiger charge is 2.35. The van der Waals surface area contributed by atoms with Gasteiger partial charge in [-0.2, -0.15) is 0 Å². The monoisotopic (exact) mass is 307 g/mol. The van der Waals surface area contributed by atoms with Crippen molar-refractivity contribution in [1.82, 2.24) is 4.90 Å². The summed E-state index contributed by atoms with van der Waals surface area (Å²) in [5.74, 6) is 0. The highest BCUT2D eigenvalue weighted by Crippen LogP contribution is 2.27. The maximum absolute atomic E-state index is 11.5. The summed E-state index contributed by atoms with van der Waals surface area (Å²) in [7, 11) is 0. The van der Waals surface area contributed by atoms with E-state index in [1.165, 1.54) is 4.90 Å². The Balaban J connectivity index is 2.50. The molecule has 1 fully saturated rings. The molecule has 4 nitrogen and oxygen atoms in total. The predicted molar refractivity (Wildman–Crippen MR) is 62.2 cm³/mol. The van der Waals surface area contributed by atoms with Crippen LogP contribution in [0.3, 0.4) is 0 Å². The molecule has 0 radical (unpaired) electrons. The first-order chi connectivity index (χ1) is 7.31. The van der Waals surface area contributed by atoms with Crippen molar-refractivity contribution in [3.05, 3.63) is 0 Å². The number of carbonyl (C=O) groups is 2. The average molecular weight is 309 g/mol. The molecule has 1 heterocycles. The summed E-state index contributed by atoms with van der Waals surface area (Å²) in [4.78, 5) is 23.8. The third-order valence-electron chi connectivity index (χ3n) is 2.11. The van der Waals surface area contributed by atoms with E-state index >= 15 is 0 Å². The molecule has 0 aliphatic carbocycles. The summed E-state index contributed by atoms with van der Waals surface area (Å²) in [5, 5.41) is -0.580. The van der Waals surface area contributed by atoms with Crippen molar-refractivity contribution in [2.75, 3.05) is 13.2 Å². The summed E-state index contributed by atoms with van der Waals surface area (Å²) >= 11 is 21.6. The van der Waals surface area contributed by atoms with Crippen LogP contribution in [0.2, 0.25) is 0 Å². The molecule has 1 atom stereocenters. The van der Waals surface area contributed by atoms with Crippen molar-refractivity contribution in [3.63, 3.8) is 0 Å². The number of likely N-dealkylation sites (tertiary alicyclic amines) is 1. The number of rotatable bonds is 2. The molecule has 8 heteroatoms. The van der Waals surface area contributed by atoms with E-state index in [1.807, 2.05) is 0 Å². The fraction of sp³-hybridized carbons (Fsp3) is 0.750. The Labute approximate surface area is 113 Å². The second-order valence-electron chi connectivity index (χ2n) is 3.33. The molecule has 0 bridgehead atoms. The van der Waals surface area contributed by atoms with Crippen LogP contribution >= 0.6 is 46.4 Å². The van der Waals surface area contributed by atoms with Crippen molar-refractivity contribution in [3.8, 4) is 0 Å². The van der Waals surface area contributed by atoms with Gasteiger partial charge in [0.05, 0.1) is 0 Å². The van der Waals surface area contributed by atoms with E-state index in [4.69, 9.17) is 51.1 Å². The van der Waals surface area contributed by atoms with Gasteiger partial charge in [-0.3, -0.25) is 9.69 Å².